The van der Waals surface area contributed by atoms with Gasteiger partial charge in [0.25, 0.3) is 5.91 Å². The van der Waals surface area contributed by atoms with Gasteiger partial charge in [-0.25, -0.2) is 15.0 Å². The van der Waals surface area contributed by atoms with E-state index in [2.05, 4.69) is 19.9 Å². The topological polar surface area (TPSA) is 97.4 Å². The van der Waals surface area contributed by atoms with E-state index in [1.807, 2.05) is 50.2 Å². The van der Waals surface area contributed by atoms with Crippen LogP contribution >= 0.6 is 0 Å². The number of hydrogen-bond donors (Lipinski definition) is 1. The van der Waals surface area contributed by atoms with Gasteiger partial charge in [0.05, 0.1) is 0 Å². The van der Waals surface area contributed by atoms with Crippen LogP contribution in [0.15, 0.2) is 60.1 Å². The number of carbonyl (C=O) groups excluding carboxylic acids is 1. The first-order chi connectivity index (χ1) is 14.0. The minimum Gasteiger partial charge on any atom is -0.369 e. The molecule has 0 radical (unpaired) electrons. The van der Waals surface area contributed by atoms with E-state index in [1.54, 1.807) is 19.4 Å². The fourth-order valence-electron chi connectivity index (χ4n) is 3.68. The lowest BCUT2D eigenvalue weighted by atomic mass is 9.81. The van der Waals surface area contributed by atoms with Crippen molar-refractivity contribution in [1.29, 1.82) is 0 Å². The zero-order chi connectivity index (χ0) is 20.6. The molecule has 1 aliphatic rings. The molecule has 0 saturated heterocycles. The molecule has 0 fully saturated rings. The summed E-state index contributed by atoms with van der Waals surface area (Å²) in [5.41, 5.74) is 9.86. The molecule has 4 rings (SSSR count). The van der Waals surface area contributed by atoms with E-state index in [0.717, 1.165) is 40.1 Å². The van der Waals surface area contributed by atoms with Gasteiger partial charge in [-0.15, -0.1) is 0 Å². The molecule has 1 unspecified atom stereocenters. The second-order valence-corrected chi connectivity index (χ2v) is 7.09. The molecule has 29 heavy (non-hydrogen) atoms. The van der Waals surface area contributed by atoms with Crippen molar-refractivity contribution in [3.8, 4) is 11.1 Å². The Balaban J connectivity index is 1.97. The third-order valence-corrected chi connectivity index (χ3v) is 5.20. The van der Waals surface area contributed by atoms with Gasteiger partial charge in [0.15, 0.2) is 11.5 Å². The molecule has 146 valence electrons. The number of likely N-dealkylation sites (N-methyl/N-ethyl adjacent to an activating group) is 1. The van der Waals surface area contributed by atoms with Gasteiger partial charge in [-0.3, -0.25) is 14.7 Å². The van der Waals surface area contributed by atoms with Gasteiger partial charge in [-0.05, 0) is 48.2 Å². The fraction of sp³-hybridized carbons (Fsp3) is 0.227. The molecule has 2 aromatic heterocycles. The van der Waals surface area contributed by atoms with Crippen molar-refractivity contribution in [1.82, 2.24) is 19.9 Å². The van der Waals surface area contributed by atoms with Crippen molar-refractivity contribution in [2.24, 2.45) is 10.7 Å². The van der Waals surface area contributed by atoms with Crippen molar-refractivity contribution in [2.45, 2.75) is 25.8 Å². The highest BCUT2D eigenvalue weighted by Gasteiger charge is 2.49. The standard InChI is InChI=1S/C22H22N6O/c1-4-19-10-18(8-14(2)26-19)22(20(29)28(3)21(23)27-22)17-7-5-6-15(9-17)16-11-24-13-25-12-16/h5-13H,4H2,1-3H3,(H2,23,27). The van der Waals surface area contributed by atoms with Crippen LogP contribution in [-0.4, -0.2) is 38.8 Å². The molecule has 3 aromatic rings. The van der Waals surface area contributed by atoms with Crippen LogP contribution in [0.2, 0.25) is 0 Å². The SMILES string of the molecule is CCc1cc(C2(c3cccc(-c4cncnc4)c3)N=C(N)N(C)C2=O)cc(C)n1. The van der Waals surface area contributed by atoms with Gasteiger partial charge < -0.3 is 5.73 Å². The molecule has 1 aromatic carbocycles. The number of rotatable bonds is 4. The lowest BCUT2D eigenvalue weighted by Gasteiger charge is -2.27. The first-order valence-electron chi connectivity index (χ1n) is 9.43. The maximum absolute atomic E-state index is 13.5. The molecule has 0 aliphatic carbocycles. The quantitative estimate of drug-likeness (QED) is 0.743. The molecular weight excluding hydrogens is 364 g/mol. The molecular formula is C22H22N6O. The van der Waals surface area contributed by atoms with Crippen LogP contribution < -0.4 is 5.73 Å². The number of hydrogen-bond acceptors (Lipinski definition) is 6. The average molecular weight is 386 g/mol. The summed E-state index contributed by atoms with van der Waals surface area (Å²) in [6.45, 7) is 3.96. The number of amides is 1. The highest BCUT2D eigenvalue weighted by atomic mass is 16.2. The van der Waals surface area contributed by atoms with Crippen LogP contribution in [0.1, 0.15) is 29.4 Å². The van der Waals surface area contributed by atoms with Crippen LogP contribution in [0.25, 0.3) is 11.1 Å². The van der Waals surface area contributed by atoms with Gasteiger partial charge in [-0.2, -0.15) is 0 Å². The van der Waals surface area contributed by atoms with E-state index in [-0.39, 0.29) is 11.9 Å². The van der Waals surface area contributed by atoms with E-state index in [1.165, 1.54) is 11.2 Å². The van der Waals surface area contributed by atoms with E-state index < -0.39 is 5.54 Å². The lowest BCUT2D eigenvalue weighted by molar-refractivity contribution is -0.129. The van der Waals surface area contributed by atoms with Crippen molar-refractivity contribution < 1.29 is 4.79 Å². The predicted molar refractivity (Wildman–Crippen MR) is 111 cm³/mol. The zero-order valence-corrected chi connectivity index (χ0v) is 16.6. The summed E-state index contributed by atoms with van der Waals surface area (Å²) in [6.07, 6.45) is 5.73. The molecule has 1 aliphatic heterocycles. The van der Waals surface area contributed by atoms with Crippen molar-refractivity contribution in [3.05, 3.63) is 77.6 Å². The smallest absolute Gasteiger partial charge is 0.266 e. The summed E-state index contributed by atoms with van der Waals surface area (Å²) >= 11 is 0. The third kappa shape index (κ3) is 3.04. The summed E-state index contributed by atoms with van der Waals surface area (Å²) < 4.78 is 0. The molecule has 1 atom stereocenters. The molecule has 3 heterocycles. The van der Waals surface area contributed by atoms with Gasteiger partial charge in [0.2, 0.25) is 0 Å². The summed E-state index contributed by atoms with van der Waals surface area (Å²) in [5.74, 6) is 0.0000704. The molecule has 0 bridgehead atoms. The second-order valence-electron chi connectivity index (χ2n) is 7.09. The van der Waals surface area contributed by atoms with E-state index in [4.69, 9.17) is 5.73 Å². The van der Waals surface area contributed by atoms with Gasteiger partial charge in [0, 0.05) is 36.4 Å². The number of aliphatic imine (C=N–C) groups is 1. The minimum absolute atomic E-state index is 0.191. The molecule has 7 nitrogen and oxygen atoms in total. The highest BCUT2D eigenvalue weighted by Crippen LogP contribution is 2.40. The first kappa shape index (κ1) is 18.7. The van der Waals surface area contributed by atoms with E-state index >= 15 is 0 Å². The Kier molecular flexibility index (Phi) is 4.58. The van der Waals surface area contributed by atoms with Crippen molar-refractivity contribution in [2.75, 3.05) is 7.05 Å². The van der Waals surface area contributed by atoms with Crippen LogP contribution in [0, 0.1) is 6.92 Å². The number of pyridine rings is 1. The molecule has 0 saturated carbocycles. The number of nitrogens with two attached hydrogens (primary N) is 1. The van der Waals surface area contributed by atoms with E-state index in [0.29, 0.717) is 0 Å². The highest BCUT2D eigenvalue weighted by molar-refractivity contribution is 6.09. The molecule has 0 spiro atoms. The number of benzene rings is 1. The van der Waals surface area contributed by atoms with E-state index in [9.17, 15) is 4.79 Å². The summed E-state index contributed by atoms with van der Waals surface area (Å²) in [4.78, 5) is 32.3. The van der Waals surface area contributed by atoms with Crippen LogP contribution in [0.3, 0.4) is 0 Å². The second kappa shape index (κ2) is 7.09. The zero-order valence-electron chi connectivity index (χ0n) is 16.6. The van der Waals surface area contributed by atoms with Crippen LogP contribution in [-0.2, 0) is 16.8 Å². The molecule has 1 amide bonds. The Bertz CT molecular complexity index is 1110. The maximum atomic E-state index is 13.5. The minimum atomic E-state index is -1.25. The van der Waals surface area contributed by atoms with Gasteiger partial charge in [0.1, 0.15) is 6.33 Å². The number of aromatic nitrogens is 3. The first-order valence-corrected chi connectivity index (χ1v) is 9.43. The Morgan fingerprint density at radius 3 is 2.48 bits per heavy atom. The van der Waals surface area contributed by atoms with Crippen LogP contribution in [0.4, 0.5) is 0 Å². The summed E-state index contributed by atoms with van der Waals surface area (Å²) in [7, 11) is 1.65. The Hall–Kier alpha value is -3.61. The molecule has 7 heteroatoms. The predicted octanol–water partition coefficient (Wildman–Crippen LogP) is 2.44. The van der Waals surface area contributed by atoms with Gasteiger partial charge >= 0.3 is 0 Å². The summed E-state index contributed by atoms with van der Waals surface area (Å²) in [5, 5.41) is 0. The molecule has 2 N–H and O–H groups in total. The average Bonchev–Trinajstić information content (AvgIpc) is 2.99. The normalized spacial score (nSPS) is 18.8. The fourth-order valence-corrected chi connectivity index (χ4v) is 3.68. The van der Waals surface area contributed by atoms with Gasteiger partial charge in [-0.1, -0.05) is 25.1 Å². The Morgan fingerprint density at radius 2 is 1.83 bits per heavy atom. The largest absolute Gasteiger partial charge is 0.369 e. The summed E-state index contributed by atoms with van der Waals surface area (Å²) in [6, 6.07) is 11.6. The lowest BCUT2D eigenvalue weighted by Crippen LogP contribution is -2.41. The third-order valence-electron chi connectivity index (χ3n) is 5.20. The number of carbonyl (C=O) groups is 1. The monoisotopic (exact) mass is 386 g/mol. The Labute approximate surface area is 169 Å². The number of guanidine groups is 1. The van der Waals surface area contributed by atoms with Crippen LogP contribution in [0.5, 0.6) is 0 Å². The Morgan fingerprint density at radius 1 is 1.07 bits per heavy atom. The van der Waals surface area contributed by atoms with Crippen molar-refractivity contribution >= 4 is 11.9 Å². The number of aryl methyl sites for hydroxylation is 2. The van der Waals surface area contributed by atoms with Crippen molar-refractivity contribution in [3.63, 3.8) is 0 Å². The number of nitrogens with zero attached hydrogens (tertiary/aromatic N) is 5. The maximum Gasteiger partial charge on any atom is 0.266 e.